The topological polar surface area (TPSA) is 78.5 Å². The Labute approximate surface area is 176 Å². The van der Waals surface area contributed by atoms with Crippen molar-refractivity contribution in [1.29, 1.82) is 0 Å². The van der Waals surface area contributed by atoms with Crippen molar-refractivity contribution in [2.24, 2.45) is 0 Å². The van der Waals surface area contributed by atoms with E-state index in [4.69, 9.17) is 11.6 Å². The van der Waals surface area contributed by atoms with E-state index in [1.165, 1.54) is 18.2 Å². The van der Waals surface area contributed by atoms with Crippen LogP contribution >= 0.6 is 11.6 Å². The molecule has 0 fully saturated rings. The molecule has 158 valence electrons. The fourth-order valence-electron chi connectivity index (χ4n) is 2.76. The van der Waals surface area contributed by atoms with Crippen LogP contribution in [0, 0.1) is 5.82 Å². The highest BCUT2D eigenvalue weighted by molar-refractivity contribution is 7.92. The van der Waals surface area contributed by atoms with Gasteiger partial charge in [-0.2, -0.15) is 0 Å². The Balaban J connectivity index is 2.11. The largest absolute Gasteiger partial charge is 0.351 e. The molecule has 0 spiro atoms. The first kappa shape index (κ1) is 23.1. The number of likely N-dealkylation sites (N-methyl/N-ethyl adjacent to an activating group) is 1. The summed E-state index contributed by atoms with van der Waals surface area (Å²) in [5.74, 6) is -0.872. The molecule has 0 aliphatic carbocycles. The van der Waals surface area contributed by atoms with Crippen molar-refractivity contribution < 1.29 is 17.6 Å². The van der Waals surface area contributed by atoms with Crippen molar-refractivity contribution in [2.45, 2.75) is 31.7 Å². The predicted octanol–water partition coefficient (Wildman–Crippen LogP) is 3.74. The van der Waals surface area contributed by atoms with Gasteiger partial charge in [-0.05, 0) is 62.9 Å². The summed E-state index contributed by atoms with van der Waals surface area (Å²) in [6, 6.07) is 9.12. The molecule has 0 saturated carbocycles. The van der Waals surface area contributed by atoms with Crippen LogP contribution in [0.1, 0.15) is 31.1 Å². The van der Waals surface area contributed by atoms with Gasteiger partial charge in [0.15, 0.2) is 0 Å². The van der Waals surface area contributed by atoms with Crippen molar-refractivity contribution in [3.8, 4) is 0 Å². The average molecular weight is 442 g/mol. The van der Waals surface area contributed by atoms with E-state index in [0.29, 0.717) is 19.1 Å². The van der Waals surface area contributed by atoms with E-state index in [2.05, 4.69) is 35.7 Å². The SMILES string of the molecule is CCN(CCNC(=O)c1ccc(Cl)c(NS(=O)(=O)c2ccc(F)cc2)c1)C(C)C. The summed E-state index contributed by atoms with van der Waals surface area (Å²) in [5, 5.41) is 2.97. The fraction of sp³-hybridized carbons (Fsp3) is 0.350. The Kier molecular flexibility index (Phi) is 8.01. The number of hydrogen-bond acceptors (Lipinski definition) is 4. The molecule has 0 bridgehead atoms. The van der Waals surface area contributed by atoms with E-state index in [-0.39, 0.29) is 27.1 Å². The summed E-state index contributed by atoms with van der Waals surface area (Å²) in [7, 11) is -3.98. The van der Waals surface area contributed by atoms with E-state index in [1.807, 2.05) is 0 Å². The number of nitrogens with one attached hydrogen (secondary N) is 2. The van der Waals surface area contributed by atoms with Crippen LogP contribution in [0.3, 0.4) is 0 Å². The number of anilines is 1. The Bertz CT molecular complexity index is 950. The number of carbonyl (C=O) groups excluding carboxylic acids is 1. The molecule has 2 N–H and O–H groups in total. The van der Waals surface area contributed by atoms with Gasteiger partial charge < -0.3 is 5.32 Å². The summed E-state index contributed by atoms with van der Waals surface area (Å²) in [6.45, 7) is 8.28. The minimum Gasteiger partial charge on any atom is -0.351 e. The molecule has 0 unspecified atom stereocenters. The zero-order chi connectivity index (χ0) is 21.6. The third kappa shape index (κ3) is 6.42. The summed E-state index contributed by atoms with van der Waals surface area (Å²) in [6.07, 6.45) is 0. The molecule has 29 heavy (non-hydrogen) atoms. The minimum atomic E-state index is -3.98. The second-order valence-corrected chi connectivity index (χ2v) is 8.82. The Morgan fingerprint density at radius 2 is 1.83 bits per heavy atom. The number of sulfonamides is 1. The minimum absolute atomic E-state index is 0.0704. The summed E-state index contributed by atoms with van der Waals surface area (Å²) in [4.78, 5) is 14.5. The monoisotopic (exact) mass is 441 g/mol. The van der Waals surface area contributed by atoms with Crippen LogP contribution in [-0.2, 0) is 10.0 Å². The van der Waals surface area contributed by atoms with Crippen LogP contribution in [0.4, 0.5) is 10.1 Å². The molecule has 0 aliphatic heterocycles. The highest BCUT2D eigenvalue weighted by Crippen LogP contribution is 2.26. The maximum absolute atomic E-state index is 13.0. The molecule has 6 nitrogen and oxygen atoms in total. The Hall–Kier alpha value is -2.16. The summed E-state index contributed by atoms with van der Waals surface area (Å²) >= 11 is 6.09. The summed E-state index contributed by atoms with van der Waals surface area (Å²) in [5.41, 5.74) is 0.347. The molecular formula is C20H25ClFN3O3S. The van der Waals surface area contributed by atoms with Gasteiger partial charge in [0, 0.05) is 24.7 Å². The number of amides is 1. The first-order valence-corrected chi connectivity index (χ1v) is 11.1. The standard InChI is InChI=1S/C20H25ClFN3O3S/c1-4-25(14(2)3)12-11-23-20(26)15-5-10-18(21)19(13-15)24-29(27,28)17-8-6-16(22)7-9-17/h5-10,13-14,24H,4,11-12H2,1-3H3,(H,23,26). The zero-order valence-electron chi connectivity index (χ0n) is 16.6. The molecule has 2 rings (SSSR count). The zero-order valence-corrected chi connectivity index (χ0v) is 18.1. The lowest BCUT2D eigenvalue weighted by Crippen LogP contribution is -2.38. The molecule has 0 aliphatic rings. The molecular weight excluding hydrogens is 417 g/mol. The van der Waals surface area contributed by atoms with Gasteiger partial charge in [0.05, 0.1) is 15.6 Å². The molecule has 0 aromatic heterocycles. The van der Waals surface area contributed by atoms with Crippen LogP contribution in [0.2, 0.25) is 5.02 Å². The van der Waals surface area contributed by atoms with Crippen molar-refractivity contribution in [3.05, 3.63) is 58.9 Å². The number of nitrogens with zero attached hydrogens (tertiary/aromatic N) is 1. The molecule has 0 atom stereocenters. The third-order valence-corrected chi connectivity index (χ3v) is 6.13. The van der Waals surface area contributed by atoms with Crippen LogP contribution in [-0.4, -0.2) is 44.9 Å². The van der Waals surface area contributed by atoms with Gasteiger partial charge in [-0.3, -0.25) is 14.4 Å². The molecule has 9 heteroatoms. The summed E-state index contributed by atoms with van der Waals surface area (Å²) < 4.78 is 40.4. The van der Waals surface area contributed by atoms with Gasteiger partial charge in [0.2, 0.25) is 0 Å². The number of halogens is 2. The second-order valence-electron chi connectivity index (χ2n) is 6.73. The number of benzene rings is 2. The Morgan fingerprint density at radius 1 is 1.17 bits per heavy atom. The predicted molar refractivity (Wildman–Crippen MR) is 113 cm³/mol. The molecule has 1 amide bonds. The van der Waals surface area contributed by atoms with Gasteiger partial charge in [-0.25, -0.2) is 12.8 Å². The molecule has 0 saturated heterocycles. The van der Waals surface area contributed by atoms with Gasteiger partial charge >= 0.3 is 0 Å². The van der Waals surface area contributed by atoms with Crippen LogP contribution in [0.25, 0.3) is 0 Å². The lowest BCUT2D eigenvalue weighted by molar-refractivity contribution is 0.0946. The van der Waals surface area contributed by atoms with Crippen molar-refractivity contribution in [2.75, 3.05) is 24.4 Å². The van der Waals surface area contributed by atoms with Gasteiger partial charge in [0.1, 0.15) is 5.82 Å². The van der Waals surface area contributed by atoms with E-state index in [9.17, 15) is 17.6 Å². The maximum atomic E-state index is 13.0. The molecule has 0 heterocycles. The van der Waals surface area contributed by atoms with Crippen molar-refractivity contribution >= 4 is 33.2 Å². The number of rotatable bonds is 9. The maximum Gasteiger partial charge on any atom is 0.261 e. The van der Waals surface area contributed by atoms with Crippen molar-refractivity contribution in [3.63, 3.8) is 0 Å². The quantitative estimate of drug-likeness (QED) is 0.621. The lowest BCUT2D eigenvalue weighted by Gasteiger charge is -2.24. The molecule has 0 radical (unpaired) electrons. The fourth-order valence-corrected chi connectivity index (χ4v) is 4.05. The first-order chi connectivity index (χ1) is 13.6. The normalized spacial score (nSPS) is 11.7. The highest BCUT2D eigenvalue weighted by Gasteiger charge is 2.17. The lowest BCUT2D eigenvalue weighted by atomic mass is 10.2. The highest BCUT2D eigenvalue weighted by atomic mass is 35.5. The van der Waals surface area contributed by atoms with Crippen LogP contribution in [0.5, 0.6) is 0 Å². The van der Waals surface area contributed by atoms with Crippen LogP contribution < -0.4 is 10.0 Å². The third-order valence-electron chi connectivity index (χ3n) is 4.42. The van der Waals surface area contributed by atoms with E-state index in [0.717, 1.165) is 30.8 Å². The number of carbonyl (C=O) groups is 1. The first-order valence-electron chi connectivity index (χ1n) is 9.24. The van der Waals surface area contributed by atoms with Gasteiger partial charge in [-0.15, -0.1) is 0 Å². The molecule has 2 aromatic rings. The smallest absolute Gasteiger partial charge is 0.261 e. The van der Waals surface area contributed by atoms with E-state index in [1.54, 1.807) is 0 Å². The molecule has 2 aromatic carbocycles. The number of hydrogen-bond donors (Lipinski definition) is 2. The average Bonchev–Trinajstić information content (AvgIpc) is 2.66. The second kappa shape index (κ2) is 10.0. The van der Waals surface area contributed by atoms with Gasteiger partial charge in [-0.1, -0.05) is 18.5 Å². The van der Waals surface area contributed by atoms with E-state index >= 15 is 0 Å². The van der Waals surface area contributed by atoms with Crippen LogP contribution in [0.15, 0.2) is 47.4 Å². The van der Waals surface area contributed by atoms with Gasteiger partial charge in [0.25, 0.3) is 15.9 Å². The van der Waals surface area contributed by atoms with E-state index < -0.39 is 15.8 Å². The van der Waals surface area contributed by atoms with Crippen molar-refractivity contribution in [1.82, 2.24) is 10.2 Å². The Morgan fingerprint density at radius 3 is 2.41 bits per heavy atom.